The maximum atomic E-state index is 13.6. The fourth-order valence-electron chi connectivity index (χ4n) is 9.11. The van der Waals surface area contributed by atoms with Crippen LogP contribution in [0.5, 0.6) is 0 Å². The van der Waals surface area contributed by atoms with Crippen LogP contribution in [0.25, 0.3) is 0 Å². The second kappa shape index (κ2) is 8.98. The van der Waals surface area contributed by atoms with Gasteiger partial charge in [-0.25, -0.2) is 0 Å². The van der Waals surface area contributed by atoms with Crippen LogP contribution in [0.1, 0.15) is 43.7 Å². The van der Waals surface area contributed by atoms with Gasteiger partial charge in [0, 0.05) is 5.41 Å². The van der Waals surface area contributed by atoms with Gasteiger partial charge in [-0.3, -0.25) is 29.0 Å². The molecule has 4 bridgehead atoms. The first-order valence-corrected chi connectivity index (χ1v) is 14.7. The molecular weight excluding hydrogens is 500 g/mol. The van der Waals surface area contributed by atoms with Crippen LogP contribution in [0.3, 0.4) is 0 Å². The Morgan fingerprint density at radius 3 is 2.33 bits per heavy atom. The third-order valence-electron chi connectivity index (χ3n) is 10.9. The Morgan fingerprint density at radius 2 is 1.62 bits per heavy atom. The molecule has 206 valence electrons. The first-order valence-electron chi connectivity index (χ1n) is 14.7. The fourth-order valence-corrected chi connectivity index (χ4v) is 9.11. The summed E-state index contributed by atoms with van der Waals surface area (Å²) in [4.78, 5) is 56.9. The van der Waals surface area contributed by atoms with E-state index in [0.717, 1.165) is 36.8 Å². The predicted molar refractivity (Wildman–Crippen MR) is 150 cm³/mol. The van der Waals surface area contributed by atoms with Gasteiger partial charge in [0.2, 0.25) is 23.6 Å². The highest BCUT2D eigenvalue weighted by Gasteiger charge is 2.65. The Bertz CT molecular complexity index is 1420. The average molecular weight is 537 g/mol. The summed E-state index contributed by atoms with van der Waals surface area (Å²) >= 11 is 0. The van der Waals surface area contributed by atoms with Crippen molar-refractivity contribution in [2.24, 2.45) is 52.8 Å². The van der Waals surface area contributed by atoms with E-state index in [1.807, 2.05) is 36.4 Å². The van der Waals surface area contributed by atoms with Crippen molar-refractivity contribution in [1.29, 1.82) is 0 Å². The monoisotopic (exact) mass is 536 g/mol. The van der Waals surface area contributed by atoms with E-state index in [1.165, 1.54) is 15.4 Å². The average Bonchev–Trinajstić information content (AvgIpc) is 3.79. The second-order valence-electron chi connectivity index (χ2n) is 12.9. The molecule has 9 atom stereocenters. The van der Waals surface area contributed by atoms with Crippen LogP contribution in [0.4, 0.5) is 0 Å². The molecule has 1 aromatic carbocycles. The third-order valence-corrected chi connectivity index (χ3v) is 10.9. The maximum absolute atomic E-state index is 13.6. The van der Waals surface area contributed by atoms with E-state index in [-0.39, 0.29) is 89.5 Å². The second-order valence-corrected chi connectivity index (χ2v) is 12.9. The molecule has 0 spiro atoms. The number of nitrogens with zero attached hydrogens (tertiary/aromatic N) is 2. The summed E-state index contributed by atoms with van der Waals surface area (Å²) in [6.45, 7) is 10.3. The summed E-state index contributed by atoms with van der Waals surface area (Å²) in [7, 11) is 0. The van der Waals surface area contributed by atoms with E-state index in [2.05, 4.69) is 38.3 Å². The van der Waals surface area contributed by atoms with E-state index in [1.54, 1.807) is 0 Å². The number of benzene rings is 1. The molecule has 7 rings (SSSR count). The van der Waals surface area contributed by atoms with Gasteiger partial charge in [-0.2, -0.15) is 0 Å². The largest absolute Gasteiger partial charge is 0.278 e. The van der Waals surface area contributed by atoms with Gasteiger partial charge >= 0.3 is 0 Å². The lowest BCUT2D eigenvalue weighted by Gasteiger charge is -2.30. The summed E-state index contributed by atoms with van der Waals surface area (Å²) in [5.74, 6) is -0.733. The van der Waals surface area contributed by atoms with Gasteiger partial charge in [-0.1, -0.05) is 67.1 Å². The van der Waals surface area contributed by atoms with Crippen LogP contribution in [-0.2, 0) is 32.3 Å². The lowest BCUT2D eigenvalue weighted by Crippen LogP contribution is -2.35. The number of hydrogen-bond acceptors (Lipinski definition) is 4. The molecule has 6 nitrogen and oxygen atoms in total. The molecule has 2 saturated heterocycles. The Labute approximate surface area is 235 Å². The van der Waals surface area contributed by atoms with Crippen LogP contribution in [0.2, 0.25) is 0 Å². The van der Waals surface area contributed by atoms with Gasteiger partial charge in [-0.15, -0.1) is 13.2 Å². The predicted octanol–water partition coefficient (Wildman–Crippen LogP) is 4.83. The third kappa shape index (κ3) is 3.40. The number of amides is 4. The molecule has 4 amide bonds. The first-order chi connectivity index (χ1) is 19.3. The normalized spacial score (nSPS) is 37.4. The van der Waals surface area contributed by atoms with Gasteiger partial charge in [0.15, 0.2) is 0 Å². The minimum Gasteiger partial charge on any atom is -0.278 e. The molecule has 40 heavy (non-hydrogen) atoms. The highest BCUT2D eigenvalue weighted by atomic mass is 16.2. The molecule has 6 heteroatoms. The molecule has 0 aromatic heterocycles. The van der Waals surface area contributed by atoms with Crippen molar-refractivity contribution in [2.45, 2.75) is 45.7 Å². The summed E-state index contributed by atoms with van der Waals surface area (Å²) in [6.07, 6.45) is 13.8. The number of carbonyl (C=O) groups excluding carboxylic acids is 4. The SMILES string of the molecule is C=CCCC12C=CC(C1)C1C(=O)N(Cc3cccc(CN4C(=O)C5C6C=C(C(C)C=C)C(C6)C5C4=O)c3)C(=O)C12. The number of likely N-dealkylation sites (tertiary alicyclic amines) is 2. The van der Waals surface area contributed by atoms with Crippen LogP contribution >= 0.6 is 0 Å². The molecule has 6 aliphatic rings. The molecular formula is C34H36N2O4. The van der Waals surface area contributed by atoms with E-state index in [9.17, 15) is 19.2 Å². The van der Waals surface area contributed by atoms with Gasteiger partial charge in [0.05, 0.1) is 36.8 Å². The van der Waals surface area contributed by atoms with Crippen molar-refractivity contribution >= 4 is 23.6 Å². The summed E-state index contributed by atoms with van der Waals surface area (Å²) in [5.41, 5.74) is 2.69. The Morgan fingerprint density at radius 1 is 0.950 bits per heavy atom. The highest BCUT2D eigenvalue weighted by molar-refractivity contribution is 6.07. The number of fused-ring (bicyclic) bond motifs is 10. The minimum absolute atomic E-state index is 0.0680. The molecule has 2 heterocycles. The molecule has 0 N–H and O–H groups in total. The highest BCUT2D eigenvalue weighted by Crippen LogP contribution is 2.62. The molecule has 0 radical (unpaired) electrons. The lowest BCUT2D eigenvalue weighted by molar-refractivity contribution is -0.143. The molecule has 4 aliphatic carbocycles. The van der Waals surface area contributed by atoms with Gasteiger partial charge in [-0.05, 0) is 60.5 Å². The summed E-state index contributed by atoms with van der Waals surface area (Å²) in [5, 5.41) is 0. The number of hydrogen-bond donors (Lipinski definition) is 0. The van der Waals surface area contributed by atoms with Crippen molar-refractivity contribution in [2.75, 3.05) is 0 Å². The number of carbonyl (C=O) groups is 4. The minimum atomic E-state index is -0.282. The smallest absolute Gasteiger partial charge is 0.234 e. The van der Waals surface area contributed by atoms with Crippen LogP contribution in [0, 0.1) is 52.8 Å². The lowest BCUT2D eigenvalue weighted by atomic mass is 9.72. The summed E-state index contributed by atoms with van der Waals surface area (Å²) < 4.78 is 0. The van der Waals surface area contributed by atoms with Crippen LogP contribution in [0.15, 0.2) is 73.4 Å². The van der Waals surface area contributed by atoms with Gasteiger partial charge in [0.1, 0.15) is 0 Å². The zero-order valence-corrected chi connectivity index (χ0v) is 23.0. The molecule has 1 aromatic rings. The maximum Gasteiger partial charge on any atom is 0.234 e. The van der Waals surface area contributed by atoms with Crippen LogP contribution in [-0.4, -0.2) is 33.4 Å². The zero-order valence-electron chi connectivity index (χ0n) is 23.0. The van der Waals surface area contributed by atoms with Crippen molar-refractivity contribution < 1.29 is 19.2 Å². The van der Waals surface area contributed by atoms with Crippen molar-refractivity contribution in [3.05, 3.63) is 84.5 Å². The van der Waals surface area contributed by atoms with Gasteiger partial charge < -0.3 is 0 Å². The van der Waals surface area contributed by atoms with E-state index >= 15 is 0 Å². The van der Waals surface area contributed by atoms with Crippen molar-refractivity contribution in [3.63, 3.8) is 0 Å². The number of rotatable bonds is 9. The van der Waals surface area contributed by atoms with Crippen molar-refractivity contribution in [1.82, 2.24) is 9.80 Å². The summed E-state index contributed by atoms with van der Waals surface area (Å²) in [6, 6.07) is 7.64. The van der Waals surface area contributed by atoms with E-state index in [0.29, 0.717) is 0 Å². The van der Waals surface area contributed by atoms with E-state index < -0.39 is 0 Å². The molecule has 4 fully saturated rings. The van der Waals surface area contributed by atoms with Crippen molar-refractivity contribution in [3.8, 4) is 0 Å². The quantitative estimate of drug-likeness (QED) is 0.335. The number of allylic oxidation sites excluding steroid dienone is 6. The standard InChI is InChI=1S/C34H36N2O4/c1-4-6-11-34-12-10-22(16-34)27-29(34)33(40)36(31(27)38)18-21-9-7-8-20(13-21)17-35-30(37)26-23-14-24(19(3)5-2)25(15-23)28(26)32(35)39/h4-5,7-10,12-14,19,22-23,25-29H,1-2,6,11,15-18H2,3H3. The molecule has 2 saturated carbocycles. The molecule has 2 aliphatic heterocycles. The topological polar surface area (TPSA) is 74.8 Å². The fraction of sp³-hybridized carbons (Fsp3) is 0.471. The first kappa shape index (κ1) is 25.4. The zero-order chi connectivity index (χ0) is 27.9. The Balaban J connectivity index is 1.07. The molecule has 9 unspecified atom stereocenters. The van der Waals surface area contributed by atoms with E-state index in [4.69, 9.17) is 0 Å². The number of imide groups is 2. The Kier molecular flexibility index (Phi) is 5.71. The Hall–Kier alpha value is -3.54. The van der Waals surface area contributed by atoms with Crippen LogP contribution < -0.4 is 0 Å². The van der Waals surface area contributed by atoms with Gasteiger partial charge in [0.25, 0.3) is 0 Å².